The van der Waals surface area contributed by atoms with Crippen LogP contribution in [0.15, 0.2) is 0 Å². The van der Waals surface area contributed by atoms with Gasteiger partial charge < -0.3 is 10.4 Å². The monoisotopic (exact) mass is 267 g/mol. The average Bonchev–Trinajstić information content (AvgIpc) is 2.82. The molecule has 0 radical (unpaired) electrons. The Morgan fingerprint density at radius 2 is 1.74 bits per heavy atom. The summed E-state index contributed by atoms with van der Waals surface area (Å²) in [6, 6.07) is 0.235. The smallest absolute Gasteiger partial charge is 0.307 e. The van der Waals surface area contributed by atoms with Crippen LogP contribution in [0, 0.1) is 23.7 Å². The molecule has 0 heterocycles. The van der Waals surface area contributed by atoms with Crippen LogP contribution in [0.5, 0.6) is 0 Å². The highest BCUT2D eigenvalue weighted by Gasteiger charge is 2.39. The van der Waals surface area contributed by atoms with Gasteiger partial charge in [0.15, 0.2) is 0 Å². The van der Waals surface area contributed by atoms with Crippen molar-refractivity contribution in [3.8, 4) is 0 Å². The van der Waals surface area contributed by atoms with Gasteiger partial charge >= 0.3 is 5.97 Å². The molecule has 2 fully saturated rings. The zero-order valence-electron chi connectivity index (χ0n) is 11.9. The molecule has 3 unspecified atom stereocenters. The second-order valence-corrected chi connectivity index (χ2v) is 6.49. The van der Waals surface area contributed by atoms with E-state index >= 15 is 0 Å². The quantitative estimate of drug-likeness (QED) is 0.825. The van der Waals surface area contributed by atoms with Crippen LogP contribution >= 0.6 is 0 Å². The summed E-state index contributed by atoms with van der Waals surface area (Å²) in [6.07, 6.45) is 5.55. The number of hydrogen-bond acceptors (Lipinski definition) is 2. The molecule has 0 spiro atoms. The summed E-state index contributed by atoms with van der Waals surface area (Å²) in [5.41, 5.74) is 0. The van der Waals surface area contributed by atoms with Gasteiger partial charge in [0.1, 0.15) is 0 Å². The molecule has 0 aromatic carbocycles. The maximum atomic E-state index is 12.3. The maximum Gasteiger partial charge on any atom is 0.307 e. The van der Waals surface area contributed by atoms with Gasteiger partial charge in [0.05, 0.1) is 11.8 Å². The van der Waals surface area contributed by atoms with Gasteiger partial charge in [0.2, 0.25) is 5.91 Å². The van der Waals surface area contributed by atoms with E-state index in [1.54, 1.807) is 0 Å². The van der Waals surface area contributed by atoms with Gasteiger partial charge in [-0.1, -0.05) is 20.3 Å². The Labute approximate surface area is 115 Å². The summed E-state index contributed by atoms with van der Waals surface area (Å²) in [7, 11) is 0. The predicted molar refractivity (Wildman–Crippen MR) is 72.6 cm³/mol. The summed E-state index contributed by atoms with van der Waals surface area (Å²) >= 11 is 0. The fourth-order valence-corrected chi connectivity index (χ4v) is 3.74. The van der Waals surface area contributed by atoms with Crippen LogP contribution in [-0.2, 0) is 9.59 Å². The van der Waals surface area contributed by atoms with Gasteiger partial charge in [-0.3, -0.25) is 9.59 Å². The van der Waals surface area contributed by atoms with Crippen LogP contribution in [0.25, 0.3) is 0 Å². The van der Waals surface area contributed by atoms with E-state index in [-0.39, 0.29) is 17.9 Å². The Balaban J connectivity index is 1.92. The van der Waals surface area contributed by atoms with Crippen molar-refractivity contribution in [2.24, 2.45) is 23.7 Å². The first-order valence-corrected chi connectivity index (χ1v) is 7.52. The van der Waals surface area contributed by atoms with Crippen LogP contribution in [0.4, 0.5) is 0 Å². The van der Waals surface area contributed by atoms with Gasteiger partial charge in [-0.25, -0.2) is 0 Å². The lowest BCUT2D eigenvalue weighted by Gasteiger charge is -2.34. The molecule has 2 saturated carbocycles. The largest absolute Gasteiger partial charge is 0.481 e. The van der Waals surface area contributed by atoms with E-state index in [0.29, 0.717) is 12.3 Å². The average molecular weight is 267 g/mol. The zero-order valence-corrected chi connectivity index (χ0v) is 11.9. The first-order chi connectivity index (χ1) is 8.99. The van der Waals surface area contributed by atoms with E-state index < -0.39 is 11.9 Å². The van der Waals surface area contributed by atoms with Crippen molar-refractivity contribution < 1.29 is 14.7 Å². The van der Waals surface area contributed by atoms with Crippen molar-refractivity contribution in [3.63, 3.8) is 0 Å². The van der Waals surface area contributed by atoms with Crippen molar-refractivity contribution in [3.05, 3.63) is 0 Å². The molecule has 108 valence electrons. The topological polar surface area (TPSA) is 66.4 Å². The minimum atomic E-state index is -0.817. The number of rotatable bonds is 3. The van der Waals surface area contributed by atoms with Gasteiger partial charge in [-0.05, 0) is 43.9 Å². The molecule has 0 aliphatic heterocycles. The molecule has 4 nitrogen and oxygen atoms in total. The van der Waals surface area contributed by atoms with Crippen molar-refractivity contribution in [1.29, 1.82) is 0 Å². The Bertz CT molecular complexity index is 355. The molecule has 0 aromatic heterocycles. The molecule has 2 aliphatic carbocycles. The Hall–Kier alpha value is -1.06. The van der Waals surface area contributed by atoms with Gasteiger partial charge in [0, 0.05) is 6.04 Å². The Morgan fingerprint density at radius 1 is 1.05 bits per heavy atom. The lowest BCUT2D eigenvalue weighted by Crippen LogP contribution is -2.46. The van der Waals surface area contributed by atoms with E-state index in [1.165, 1.54) is 0 Å². The summed E-state index contributed by atoms with van der Waals surface area (Å²) in [6.45, 7) is 4.44. The third kappa shape index (κ3) is 3.28. The third-order valence-electron chi connectivity index (χ3n) is 4.93. The number of aliphatic carboxylic acids is 1. The third-order valence-corrected chi connectivity index (χ3v) is 4.93. The summed E-state index contributed by atoms with van der Waals surface area (Å²) in [4.78, 5) is 23.4. The number of amides is 1. The lowest BCUT2D eigenvalue weighted by atomic mass is 9.79. The van der Waals surface area contributed by atoms with Crippen molar-refractivity contribution >= 4 is 11.9 Å². The first-order valence-electron chi connectivity index (χ1n) is 7.52. The SMILES string of the molecule is CC1CCC(NC(=O)[C@@H]2CCC[C@@H]2C(=O)O)C(C)C1. The standard InChI is InChI=1S/C15H25NO3/c1-9-6-7-13(10(2)8-9)16-14(17)11-4-3-5-12(11)15(18)19/h9-13H,3-8H2,1-2H3,(H,16,17)(H,18,19)/t9?,10?,11-,12+,13?/m1/s1. The number of nitrogens with one attached hydrogen (secondary N) is 1. The minimum Gasteiger partial charge on any atom is -0.481 e. The minimum absolute atomic E-state index is 0.0312. The maximum absolute atomic E-state index is 12.3. The van der Waals surface area contributed by atoms with E-state index in [1.807, 2.05) is 0 Å². The molecule has 2 N–H and O–H groups in total. The van der Waals surface area contributed by atoms with Crippen LogP contribution < -0.4 is 5.32 Å². The van der Waals surface area contributed by atoms with Gasteiger partial charge in [0.25, 0.3) is 0 Å². The van der Waals surface area contributed by atoms with Crippen molar-refractivity contribution in [1.82, 2.24) is 5.32 Å². The van der Waals surface area contributed by atoms with Crippen LogP contribution in [0.1, 0.15) is 52.4 Å². The molecule has 2 aliphatic rings. The number of carboxylic acid groups (broad SMARTS) is 1. The van der Waals surface area contributed by atoms with Crippen molar-refractivity contribution in [2.45, 2.75) is 58.4 Å². The van der Waals surface area contributed by atoms with E-state index in [9.17, 15) is 9.59 Å². The van der Waals surface area contributed by atoms with Crippen LogP contribution in [0.2, 0.25) is 0 Å². The molecule has 19 heavy (non-hydrogen) atoms. The molecule has 2 rings (SSSR count). The number of carbonyl (C=O) groups excluding carboxylic acids is 1. The first kappa shape index (κ1) is 14.4. The number of carboxylic acids is 1. The lowest BCUT2D eigenvalue weighted by molar-refractivity contribution is -0.146. The summed E-state index contributed by atoms with van der Waals surface area (Å²) < 4.78 is 0. The Kier molecular flexibility index (Phi) is 4.48. The highest BCUT2D eigenvalue weighted by atomic mass is 16.4. The second-order valence-electron chi connectivity index (χ2n) is 6.49. The van der Waals surface area contributed by atoms with E-state index in [2.05, 4.69) is 19.2 Å². The predicted octanol–water partition coefficient (Wildman–Crippen LogP) is 2.43. The zero-order chi connectivity index (χ0) is 14.0. The molecule has 0 saturated heterocycles. The van der Waals surface area contributed by atoms with Crippen LogP contribution in [0.3, 0.4) is 0 Å². The Morgan fingerprint density at radius 3 is 2.37 bits per heavy atom. The number of hydrogen-bond donors (Lipinski definition) is 2. The highest BCUT2D eigenvalue weighted by Crippen LogP contribution is 2.33. The van der Waals surface area contributed by atoms with Gasteiger partial charge in [-0.15, -0.1) is 0 Å². The summed E-state index contributed by atoms with van der Waals surface area (Å²) in [5, 5.41) is 12.3. The van der Waals surface area contributed by atoms with E-state index in [0.717, 1.165) is 38.0 Å². The molecule has 1 amide bonds. The molecule has 0 bridgehead atoms. The fraction of sp³-hybridized carbons (Fsp3) is 0.867. The summed E-state index contributed by atoms with van der Waals surface area (Å²) in [5.74, 6) is -0.403. The molecule has 5 atom stereocenters. The van der Waals surface area contributed by atoms with Crippen LogP contribution in [-0.4, -0.2) is 23.0 Å². The molecular weight excluding hydrogens is 242 g/mol. The van der Waals surface area contributed by atoms with Crippen molar-refractivity contribution in [2.75, 3.05) is 0 Å². The second kappa shape index (κ2) is 5.93. The fourth-order valence-electron chi connectivity index (χ4n) is 3.74. The molecular formula is C15H25NO3. The number of carbonyl (C=O) groups is 2. The molecule has 4 heteroatoms. The van der Waals surface area contributed by atoms with Gasteiger partial charge in [-0.2, -0.15) is 0 Å². The normalized spacial score (nSPS) is 38.9. The highest BCUT2D eigenvalue weighted by molar-refractivity contribution is 5.85. The van der Waals surface area contributed by atoms with E-state index in [4.69, 9.17) is 5.11 Å². The molecule has 0 aromatic rings.